The number of amides is 2. The summed E-state index contributed by atoms with van der Waals surface area (Å²) >= 11 is 2.79. The summed E-state index contributed by atoms with van der Waals surface area (Å²) in [5.41, 5.74) is 2.75. The smallest absolute Gasteiger partial charge is 0.241 e. The average molecular weight is 444 g/mol. The second-order valence-corrected chi connectivity index (χ2v) is 9.15. The van der Waals surface area contributed by atoms with Gasteiger partial charge in [-0.15, -0.1) is 11.8 Å². The summed E-state index contributed by atoms with van der Waals surface area (Å²) in [5, 5.41) is 3.12. The molecule has 0 saturated heterocycles. The summed E-state index contributed by atoms with van der Waals surface area (Å²) in [4.78, 5) is 31.6. The molecule has 1 unspecified atom stereocenters. The van der Waals surface area contributed by atoms with E-state index in [1.165, 1.54) is 23.1 Å². The summed E-state index contributed by atoms with van der Waals surface area (Å²) in [5.74, 6) is -0.0233. The maximum absolute atomic E-state index is 13.1. The highest BCUT2D eigenvalue weighted by molar-refractivity contribution is 8.01. The van der Waals surface area contributed by atoms with E-state index in [1.54, 1.807) is 12.0 Å². The lowest BCUT2D eigenvalue weighted by Crippen LogP contribution is -2.39. The molecule has 2 amide bonds. The number of hydrogen-bond donors (Lipinski definition) is 1. The van der Waals surface area contributed by atoms with Crippen molar-refractivity contribution in [2.45, 2.75) is 19.1 Å². The molecule has 0 radical (unpaired) electrons. The van der Waals surface area contributed by atoms with Crippen molar-refractivity contribution in [1.82, 2.24) is 4.98 Å². The number of fused-ring (bicyclic) bond motifs is 1. The number of benzene rings is 2. The first-order valence-corrected chi connectivity index (χ1v) is 11.5. The van der Waals surface area contributed by atoms with E-state index in [0.717, 1.165) is 21.5 Å². The molecule has 158 valence electrons. The highest BCUT2D eigenvalue weighted by atomic mass is 32.2. The molecule has 2 aromatic carbocycles. The molecule has 3 rings (SSSR count). The predicted molar refractivity (Wildman–Crippen MR) is 126 cm³/mol. The van der Waals surface area contributed by atoms with Crippen LogP contribution in [0.2, 0.25) is 0 Å². The Balaban J connectivity index is 1.63. The van der Waals surface area contributed by atoms with Gasteiger partial charge in [-0.2, -0.15) is 0 Å². The van der Waals surface area contributed by atoms with Crippen LogP contribution in [-0.4, -0.2) is 48.1 Å². The number of aromatic nitrogens is 1. The first-order chi connectivity index (χ1) is 14.5. The third kappa shape index (κ3) is 5.81. The van der Waals surface area contributed by atoms with Gasteiger partial charge in [-0.1, -0.05) is 41.2 Å². The van der Waals surface area contributed by atoms with Gasteiger partial charge in [-0.3, -0.25) is 14.5 Å². The van der Waals surface area contributed by atoms with Crippen LogP contribution in [0.15, 0.2) is 48.5 Å². The van der Waals surface area contributed by atoms with Crippen LogP contribution in [0.4, 0.5) is 10.8 Å². The molecule has 0 fully saturated rings. The van der Waals surface area contributed by atoms with Gasteiger partial charge in [-0.05, 0) is 38.1 Å². The number of hydrogen-bond acceptors (Lipinski definition) is 6. The summed E-state index contributed by atoms with van der Waals surface area (Å²) in [6.45, 7) is 4.64. The lowest BCUT2D eigenvalue weighted by Gasteiger charge is -2.22. The van der Waals surface area contributed by atoms with Gasteiger partial charge in [0, 0.05) is 12.8 Å². The standard InChI is InChI=1S/C22H25N3O3S2/c1-15-8-10-17(11-9-15)23-20(26)14-29-16(2)21(27)25(12-13-28-3)22-24-18-6-4-5-7-19(18)30-22/h4-11,16H,12-14H2,1-3H3,(H,23,26). The Morgan fingerprint density at radius 2 is 1.93 bits per heavy atom. The fraction of sp³-hybridized carbons (Fsp3) is 0.318. The SMILES string of the molecule is COCCN(C(=O)C(C)SCC(=O)Nc1ccc(C)cc1)c1nc2ccccc2s1. The van der Waals surface area contributed by atoms with Crippen molar-refractivity contribution < 1.29 is 14.3 Å². The van der Waals surface area contributed by atoms with Crippen LogP contribution in [0.3, 0.4) is 0 Å². The van der Waals surface area contributed by atoms with E-state index in [9.17, 15) is 9.59 Å². The van der Waals surface area contributed by atoms with Gasteiger partial charge in [-0.25, -0.2) is 4.98 Å². The molecule has 0 aliphatic rings. The Morgan fingerprint density at radius 3 is 2.63 bits per heavy atom. The van der Waals surface area contributed by atoms with Gasteiger partial charge >= 0.3 is 0 Å². The molecule has 1 aromatic heterocycles. The Labute approximate surface area is 184 Å². The number of rotatable bonds is 9. The van der Waals surface area contributed by atoms with Gasteiger partial charge in [0.25, 0.3) is 0 Å². The van der Waals surface area contributed by atoms with E-state index in [2.05, 4.69) is 10.3 Å². The van der Waals surface area contributed by atoms with E-state index in [0.29, 0.717) is 18.3 Å². The maximum Gasteiger partial charge on any atom is 0.241 e. The number of methoxy groups -OCH3 is 1. The second kappa shape index (κ2) is 10.6. The van der Waals surface area contributed by atoms with Crippen molar-refractivity contribution >= 4 is 55.9 Å². The van der Waals surface area contributed by atoms with Crippen LogP contribution in [0.5, 0.6) is 0 Å². The number of anilines is 2. The van der Waals surface area contributed by atoms with E-state index in [1.807, 2.05) is 62.4 Å². The number of aryl methyl sites for hydroxylation is 1. The summed E-state index contributed by atoms with van der Waals surface area (Å²) < 4.78 is 6.21. The average Bonchev–Trinajstić information content (AvgIpc) is 3.17. The highest BCUT2D eigenvalue weighted by Gasteiger charge is 2.25. The molecule has 0 aliphatic carbocycles. The zero-order chi connectivity index (χ0) is 21.5. The Hall–Kier alpha value is -2.42. The van der Waals surface area contributed by atoms with Crippen molar-refractivity contribution in [2.75, 3.05) is 36.2 Å². The zero-order valence-corrected chi connectivity index (χ0v) is 18.9. The number of thioether (sulfide) groups is 1. The third-order valence-electron chi connectivity index (χ3n) is 4.45. The van der Waals surface area contributed by atoms with Crippen LogP contribution >= 0.6 is 23.1 Å². The number of nitrogens with zero attached hydrogens (tertiary/aromatic N) is 2. The molecule has 1 heterocycles. The molecule has 1 N–H and O–H groups in total. The van der Waals surface area contributed by atoms with Crippen LogP contribution < -0.4 is 10.2 Å². The number of ether oxygens (including phenoxy) is 1. The molecule has 0 saturated carbocycles. The number of carbonyl (C=O) groups is 2. The number of thiazole rings is 1. The van der Waals surface area contributed by atoms with Crippen molar-refractivity contribution in [3.63, 3.8) is 0 Å². The minimum Gasteiger partial charge on any atom is -0.383 e. The van der Waals surface area contributed by atoms with E-state index < -0.39 is 5.25 Å². The van der Waals surface area contributed by atoms with E-state index >= 15 is 0 Å². The number of para-hydroxylation sites is 1. The van der Waals surface area contributed by atoms with Gasteiger partial charge in [0.15, 0.2) is 5.13 Å². The summed E-state index contributed by atoms with van der Waals surface area (Å²) in [7, 11) is 1.61. The highest BCUT2D eigenvalue weighted by Crippen LogP contribution is 2.30. The molecule has 3 aromatic rings. The normalized spacial score (nSPS) is 12.0. The van der Waals surface area contributed by atoms with Gasteiger partial charge < -0.3 is 10.1 Å². The van der Waals surface area contributed by atoms with Gasteiger partial charge in [0.1, 0.15) is 0 Å². The molecule has 0 spiro atoms. The number of nitrogens with one attached hydrogen (secondary N) is 1. The second-order valence-electron chi connectivity index (χ2n) is 6.81. The Morgan fingerprint density at radius 1 is 1.20 bits per heavy atom. The van der Waals surface area contributed by atoms with Gasteiger partial charge in [0.2, 0.25) is 11.8 Å². The molecule has 30 heavy (non-hydrogen) atoms. The molecule has 8 heteroatoms. The van der Waals surface area contributed by atoms with Crippen molar-refractivity contribution in [3.8, 4) is 0 Å². The molecule has 0 bridgehead atoms. The maximum atomic E-state index is 13.1. The first kappa shape index (κ1) is 22.3. The van der Waals surface area contributed by atoms with Gasteiger partial charge in [0.05, 0.1) is 34.4 Å². The molecule has 1 atom stereocenters. The Bertz CT molecular complexity index is 971. The molecule has 6 nitrogen and oxygen atoms in total. The summed E-state index contributed by atoms with van der Waals surface area (Å²) in [6, 6.07) is 15.4. The fourth-order valence-corrected chi connectivity index (χ4v) is 4.52. The Kier molecular flexibility index (Phi) is 7.84. The fourth-order valence-electron chi connectivity index (χ4n) is 2.78. The zero-order valence-electron chi connectivity index (χ0n) is 17.3. The molecular weight excluding hydrogens is 418 g/mol. The largest absolute Gasteiger partial charge is 0.383 e. The van der Waals surface area contributed by atoms with Crippen molar-refractivity contribution in [2.24, 2.45) is 0 Å². The van der Waals surface area contributed by atoms with Crippen LogP contribution in [0.25, 0.3) is 10.2 Å². The summed E-state index contributed by atoms with van der Waals surface area (Å²) in [6.07, 6.45) is 0. The van der Waals surface area contributed by atoms with Crippen LogP contribution in [0.1, 0.15) is 12.5 Å². The molecular formula is C22H25N3O3S2. The van der Waals surface area contributed by atoms with E-state index in [4.69, 9.17) is 4.74 Å². The molecule has 0 aliphatic heterocycles. The minimum atomic E-state index is -0.391. The lowest BCUT2D eigenvalue weighted by atomic mass is 10.2. The van der Waals surface area contributed by atoms with Crippen LogP contribution in [-0.2, 0) is 14.3 Å². The van der Waals surface area contributed by atoms with Crippen molar-refractivity contribution in [3.05, 3.63) is 54.1 Å². The first-order valence-electron chi connectivity index (χ1n) is 9.62. The predicted octanol–water partition coefficient (Wildman–Crippen LogP) is 4.34. The minimum absolute atomic E-state index is 0.0840. The lowest BCUT2D eigenvalue weighted by molar-refractivity contribution is -0.118. The monoisotopic (exact) mass is 443 g/mol. The quantitative estimate of drug-likeness (QED) is 0.533. The third-order valence-corrected chi connectivity index (χ3v) is 6.64. The van der Waals surface area contributed by atoms with Crippen LogP contribution in [0, 0.1) is 6.92 Å². The number of carbonyl (C=O) groups excluding carboxylic acids is 2. The topological polar surface area (TPSA) is 71.5 Å². The van der Waals surface area contributed by atoms with E-state index in [-0.39, 0.29) is 17.6 Å². The van der Waals surface area contributed by atoms with Crippen molar-refractivity contribution in [1.29, 1.82) is 0 Å².